The van der Waals surface area contributed by atoms with Gasteiger partial charge in [-0.2, -0.15) is 0 Å². The van der Waals surface area contributed by atoms with Gasteiger partial charge in [-0.1, -0.05) is 0 Å². The van der Waals surface area contributed by atoms with Gasteiger partial charge in [0.05, 0.1) is 62.5 Å². The maximum absolute atomic E-state index is 12.9. The third kappa shape index (κ3) is 7.46. The average Bonchev–Trinajstić information content (AvgIpc) is 2.74. The van der Waals surface area contributed by atoms with Crippen molar-refractivity contribution in [3.05, 3.63) is 21.8 Å². The molecule has 0 heterocycles. The van der Waals surface area contributed by atoms with Gasteiger partial charge in [-0.05, 0) is 67.8 Å². The van der Waals surface area contributed by atoms with E-state index in [0.717, 1.165) is 4.90 Å². The molecule has 0 saturated carbocycles. The van der Waals surface area contributed by atoms with Gasteiger partial charge in [0.2, 0.25) is 0 Å². The van der Waals surface area contributed by atoms with Crippen molar-refractivity contribution in [2.24, 2.45) is 5.73 Å². The number of carbonyl (C=O) groups is 3. The molecular formula is C17H23I3N4O8. The Morgan fingerprint density at radius 3 is 1.81 bits per heavy atom. The molecule has 0 aromatic heterocycles. The molecule has 1 aromatic rings. The lowest BCUT2D eigenvalue weighted by Crippen LogP contribution is -2.44. The topological polar surface area (TPSA) is 206 Å². The van der Waals surface area contributed by atoms with Gasteiger partial charge in [0, 0.05) is 16.7 Å². The number of benzene rings is 1. The Labute approximate surface area is 224 Å². The summed E-state index contributed by atoms with van der Waals surface area (Å²) in [6.45, 7) is -2.27. The number of aliphatic hydroxyl groups excluding tert-OH is 5. The molecule has 180 valence electrons. The van der Waals surface area contributed by atoms with Crippen molar-refractivity contribution in [2.75, 3.05) is 44.4 Å². The molecule has 32 heavy (non-hydrogen) atoms. The van der Waals surface area contributed by atoms with E-state index in [4.69, 9.17) is 15.9 Å². The lowest BCUT2D eigenvalue weighted by atomic mass is 10.1. The van der Waals surface area contributed by atoms with Crippen LogP contribution in [0, 0.1) is 10.7 Å². The fourth-order valence-electron chi connectivity index (χ4n) is 2.47. The van der Waals surface area contributed by atoms with Gasteiger partial charge >= 0.3 is 6.03 Å². The number of anilines is 1. The van der Waals surface area contributed by atoms with Crippen molar-refractivity contribution in [1.82, 2.24) is 10.6 Å². The number of nitrogens with zero attached hydrogens (tertiary/aromatic N) is 1. The first-order valence-corrected chi connectivity index (χ1v) is 12.3. The lowest BCUT2D eigenvalue weighted by molar-refractivity contribution is 0.0800. The fraction of sp³-hybridized carbons (Fsp3) is 0.471. The number of carbonyl (C=O) groups excluding carboxylic acids is 3. The minimum absolute atomic E-state index is 0.00522. The van der Waals surface area contributed by atoms with E-state index in [9.17, 15) is 29.7 Å². The van der Waals surface area contributed by atoms with Crippen molar-refractivity contribution >= 4 is 91.3 Å². The van der Waals surface area contributed by atoms with Crippen LogP contribution in [-0.4, -0.2) is 95.0 Å². The molecule has 0 radical (unpaired) electrons. The number of nitrogens with two attached hydrogens (primary N) is 1. The summed E-state index contributed by atoms with van der Waals surface area (Å²) >= 11 is 5.42. The van der Waals surface area contributed by atoms with Crippen molar-refractivity contribution in [1.29, 1.82) is 0 Å². The second-order valence-electron chi connectivity index (χ2n) is 6.35. The Morgan fingerprint density at radius 1 is 0.875 bits per heavy atom. The van der Waals surface area contributed by atoms with Crippen LogP contribution >= 0.6 is 67.8 Å². The smallest absolute Gasteiger partial charge is 0.319 e. The normalized spacial score (nSPS) is 12.8. The molecule has 0 aliphatic heterocycles. The van der Waals surface area contributed by atoms with E-state index in [1.54, 1.807) is 45.2 Å². The summed E-state index contributed by atoms with van der Waals surface area (Å²) in [6.07, 6.45) is -2.54. The van der Waals surface area contributed by atoms with E-state index in [-0.39, 0.29) is 47.2 Å². The number of nitrogens with one attached hydrogen (secondary N) is 2. The molecule has 2 atom stereocenters. The van der Waals surface area contributed by atoms with Crippen LogP contribution < -0.4 is 21.3 Å². The standard InChI is InChI=1S/C17H23I3N4O8/c18-11-9(15(30)22-1-2-25)12(19)14(24(17(21)32)4-8(29)6-27)13(20)10(11)16(31)23-3-7(28)5-26/h7-8,25-29H,1-6H2,(H2,21,32)(H,22,30)(H,23,31). The predicted octanol–water partition coefficient (Wildman–Crippen LogP) is -1.46. The van der Waals surface area contributed by atoms with Gasteiger partial charge in [-0.25, -0.2) is 4.79 Å². The summed E-state index contributed by atoms with van der Waals surface area (Å²) in [5.41, 5.74) is 5.60. The van der Waals surface area contributed by atoms with Crippen molar-refractivity contribution < 1.29 is 39.9 Å². The number of urea groups is 1. The third-order valence-corrected chi connectivity index (χ3v) is 7.17. The molecular weight excluding hydrogens is 769 g/mol. The van der Waals surface area contributed by atoms with E-state index >= 15 is 0 Å². The van der Waals surface area contributed by atoms with Gasteiger partial charge in [0.1, 0.15) is 0 Å². The maximum Gasteiger partial charge on any atom is 0.319 e. The summed E-state index contributed by atoms with van der Waals surface area (Å²) in [7, 11) is 0. The first-order valence-electron chi connectivity index (χ1n) is 9.04. The van der Waals surface area contributed by atoms with Crippen LogP contribution in [0.2, 0.25) is 0 Å². The van der Waals surface area contributed by atoms with E-state index < -0.39 is 49.8 Å². The van der Waals surface area contributed by atoms with Crippen LogP contribution in [0.1, 0.15) is 20.7 Å². The van der Waals surface area contributed by atoms with E-state index in [1.807, 2.05) is 22.6 Å². The Hall–Kier alpha value is -0.580. The highest BCUT2D eigenvalue weighted by Gasteiger charge is 2.32. The quantitative estimate of drug-likeness (QED) is 0.124. The second kappa shape index (κ2) is 14.0. The zero-order chi connectivity index (χ0) is 24.6. The van der Waals surface area contributed by atoms with Gasteiger partial charge in [-0.15, -0.1) is 0 Å². The number of rotatable bonds is 11. The molecule has 1 aromatic carbocycles. The lowest BCUT2D eigenvalue weighted by Gasteiger charge is -2.28. The zero-order valence-electron chi connectivity index (χ0n) is 16.5. The Balaban J connectivity index is 3.74. The molecule has 15 heteroatoms. The maximum atomic E-state index is 12.9. The number of hydrogen-bond donors (Lipinski definition) is 8. The second-order valence-corrected chi connectivity index (χ2v) is 9.59. The van der Waals surface area contributed by atoms with Crippen molar-refractivity contribution in [3.8, 4) is 0 Å². The van der Waals surface area contributed by atoms with Gasteiger partial charge < -0.3 is 41.9 Å². The molecule has 4 amide bonds. The fourth-order valence-corrected chi connectivity index (χ4v) is 7.20. The molecule has 0 saturated heterocycles. The number of halogens is 3. The average molecular weight is 792 g/mol. The summed E-state index contributed by atoms with van der Waals surface area (Å²) in [4.78, 5) is 38.8. The Kier molecular flexibility index (Phi) is 12.9. The Morgan fingerprint density at radius 2 is 1.38 bits per heavy atom. The molecule has 0 bridgehead atoms. The first-order chi connectivity index (χ1) is 15.0. The van der Waals surface area contributed by atoms with Gasteiger partial charge in [0.25, 0.3) is 11.8 Å². The monoisotopic (exact) mass is 792 g/mol. The van der Waals surface area contributed by atoms with Crippen LogP contribution in [0.4, 0.5) is 10.5 Å². The summed E-state index contributed by atoms with van der Waals surface area (Å²) < 4.78 is 0.719. The number of aliphatic hydroxyl groups is 5. The van der Waals surface area contributed by atoms with E-state index in [0.29, 0.717) is 0 Å². The minimum Gasteiger partial charge on any atom is -0.395 e. The van der Waals surface area contributed by atoms with Crippen LogP contribution in [0.15, 0.2) is 0 Å². The zero-order valence-corrected chi connectivity index (χ0v) is 23.0. The highest BCUT2D eigenvalue weighted by atomic mass is 127. The molecule has 1 rings (SSSR count). The molecule has 0 aliphatic rings. The van der Waals surface area contributed by atoms with Crippen LogP contribution in [0.25, 0.3) is 0 Å². The van der Waals surface area contributed by atoms with E-state index in [1.165, 1.54) is 0 Å². The largest absolute Gasteiger partial charge is 0.395 e. The molecule has 12 nitrogen and oxygen atoms in total. The molecule has 2 unspecified atom stereocenters. The first kappa shape index (κ1) is 29.5. The van der Waals surface area contributed by atoms with Crippen LogP contribution in [0.3, 0.4) is 0 Å². The third-order valence-electron chi connectivity index (χ3n) is 3.99. The summed E-state index contributed by atoms with van der Waals surface area (Å²) in [6, 6.07) is -0.988. The van der Waals surface area contributed by atoms with Crippen LogP contribution in [0.5, 0.6) is 0 Å². The van der Waals surface area contributed by atoms with Crippen LogP contribution in [-0.2, 0) is 0 Å². The molecule has 0 aliphatic carbocycles. The SMILES string of the molecule is NC(=O)N(CC(O)CO)c1c(I)c(C(=O)NCCO)c(I)c(C(=O)NCC(O)CO)c1I. The molecule has 0 fully saturated rings. The predicted molar refractivity (Wildman–Crippen MR) is 139 cm³/mol. The summed E-state index contributed by atoms with van der Waals surface area (Å²) in [5.74, 6) is -1.31. The summed E-state index contributed by atoms with van der Waals surface area (Å²) in [5, 5.41) is 51.5. The highest BCUT2D eigenvalue weighted by molar-refractivity contribution is 14.1. The number of primary amides is 1. The number of amides is 4. The van der Waals surface area contributed by atoms with Crippen molar-refractivity contribution in [3.63, 3.8) is 0 Å². The molecule has 0 spiro atoms. The Bertz CT molecular complexity index is 858. The number of hydrogen-bond acceptors (Lipinski definition) is 8. The van der Waals surface area contributed by atoms with Gasteiger partial charge in [0.15, 0.2) is 0 Å². The van der Waals surface area contributed by atoms with Gasteiger partial charge in [-0.3, -0.25) is 14.5 Å². The van der Waals surface area contributed by atoms with E-state index in [2.05, 4.69) is 10.6 Å². The minimum atomic E-state index is -1.34. The molecule has 9 N–H and O–H groups in total. The van der Waals surface area contributed by atoms with Crippen molar-refractivity contribution in [2.45, 2.75) is 12.2 Å². The highest BCUT2D eigenvalue weighted by Crippen LogP contribution is 2.38.